The van der Waals surface area contributed by atoms with E-state index in [1.165, 1.54) is 5.56 Å². The Bertz CT molecular complexity index is 511. The molecule has 0 spiro atoms. The first-order valence-corrected chi connectivity index (χ1v) is 6.56. The second kappa shape index (κ2) is 5.98. The molecule has 0 saturated heterocycles. The quantitative estimate of drug-likeness (QED) is 0.883. The highest BCUT2D eigenvalue weighted by Crippen LogP contribution is 2.12. The summed E-state index contributed by atoms with van der Waals surface area (Å²) in [4.78, 5) is 6.58. The second-order valence-electron chi connectivity index (χ2n) is 4.39. The van der Waals surface area contributed by atoms with Crippen LogP contribution < -0.4 is 5.73 Å². The largest absolute Gasteiger partial charge is 0.399 e. The third-order valence-electron chi connectivity index (χ3n) is 2.62. The molecule has 0 fully saturated rings. The highest BCUT2D eigenvalue weighted by Gasteiger charge is 2.03. The van der Waals surface area contributed by atoms with Crippen molar-refractivity contribution < 1.29 is 0 Å². The van der Waals surface area contributed by atoms with Gasteiger partial charge in [-0.2, -0.15) is 0 Å². The lowest BCUT2D eigenvalue weighted by atomic mass is 10.2. The zero-order valence-corrected chi connectivity index (χ0v) is 11.9. The lowest BCUT2D eigenvalue weighted by Crippen LogP contribution is -2.17. The van der Waals surface area contributed by atoms with Gasteiger partial charge in [0.05, 0.1) is 5.69 Å². The van der Waals surface area contributed by atoms with Crippen LogP contribution in [-0.2, 0) is 13.1 Å². The number of aromatic nitrogens is 1. The minimum absolute atomic E-state index is 0.808. The third kappa shape index (κ3) is 3.82. The van der Waals surface area contributed by atoms with E-state index in [4.69, 9.17) is 5.73 Å². The SMILES string of the molecule is CN(Cc1cccc(N)c1)Cc1ccc(Br)cn1. The van der Waals surface area contributed by atoms with Crippen molar-refractivity contribution in [2.24, 2.45) is 0 Å². The van der Waals surface area contributed by atoms with Gasteiger partial charge in [-0.05, 0) is 52.8 Å². The fourth-order valence-corrected chi connectivity index (χ4v) is 2.07. The van der Waals surface area contributed by atoms with Gasteiger partial charge in [0.2, 0.25) is 0 Å². The number of nitrogen functional groups attached to an aromatic ring is 1. The summed E-state index contributed by atoms with van der Waals surface area (Å²) >= 11 is 3.38. The molecule has 0 saturated carbocycles. The lowest BCUT2D eigenvalue weighted by Gasteiger charge is -2.16. The molecular formula is C14H16BrN3. The molecule has 94 valence electrons. The Morgan fingerprint density at radius 1 is 1.22 bits per heavy atom. The van der Waals surface area contributed by atoms with Crippen LogP contribution in [0.3, 0.4) is 0 Å². The molecular weight excluding hydrogens is 290 g/mol. The van der Waals surface area contributed by atoms with E-state index in [2.05, 4.69) is 38.9 Å². The zero-order chi connectivity index (χ0) is 13.0. The molecule has 2 aromatic rings. The van der Waals surface area contributed by atoms with E-state index in [0.29, 0.717) is 0 Å². The first-order chi connectivity index (χ1) is 8.63. The highest BCUT2D eigenvalue weighted by atomic mass is 79.9. The molecule has 4 heteroatoms. The van der Waals surface area contributed by atoms with Gasteiger partial charge in [0, 0.05) is 29.4 Å². The molecule has 0 aliphatic carbocycles. The molecule has 0 atom stereocenters. The smallest absolute Gasteiger partial charge is 0.0544 e. The number of benzene rings is 1. The van der Waals surface area contributed by atoms with Crippen molar-refractivity contribution in [3.05, 3.63) is 58.3 Å². The van der Waals surface area contributed by atoms with Crippen molar-refractivity contribution in [1.29, 1.82) is 0 Å². The minimum Gasteiger partial charge on any atom is -0.399 e. The van der Waals surface area contributed by atoms with Crippen LogP contribution in [0, 0.1) is 0 Å². The number of halogens is 1. The number of hydrogen-bond donors (Lipinski definition) is 1. The van der Waals surface area contributed by atoms with Crippen LogP contribution in [0.4, 0.5) is 5.69 Å². The maximum absolute atomic E-state index is 5.77. The average Bonchev–Trinajstić information content (AvgIpc) is 2.32. The average molecular weight is 306 g/mol. The summed E-state index contributed by atoms with van der Waals surface area (Å²) in [6.45, 7) is 1.69. The van der Waals surface area contributed by atoms with Crippen LogP contribution in [0.2, 0.25) is 0 Å². The third-order valence-corrected chi connectivity index (χ3v) is 3.09. The van der Waals surface area contributed by atoms with Crippen molar-refractivity contribution >= 4 is 21.6 Å². The normalized spacial score (nSPS) is 10.8. The Morgan fingerprint density at radius 3 is 2.72 bits per heavy atom. The van der Waals surface area contributed by atoms with Crippen molar-refractivity contribution in [3.63, 3.8) is 0 Å². The van der Waals surface area contributed by atoms with Crippen molar-refractivity contribution in [1.82, 2.24) is 9.88 Å². The molecule has 18 heavy (non-hydrogen) atoms. The van der Waals surface area contributed by atoms with E-state index >= 15 is 0 Å². The molecule has 2 N–H and O–H groups in total. The summed E-state index contributed by atoms with van der Waals surface area (Å²) in [5.41, 5.74) is 8.85. The topological polar surface area (TPSA) is 42.1 Å². The molecule has 0 unspecified atom stereocenters. The standard InChI is InChI=1S/C14H16BrN3/c1-18(9-11-3-2-4-13(16)7-11)10-14-6-5-12(15)8-17-14/h2-8H,9-10,16H2,1H3. The number of hydrogen-bond acceptors (Lipinski definition) is 3. The fraction of sp³-hybridized carbons (Fsp3) is 0.214. The molecule has 0 aliphatic heterocycles. The fourth-order valence-electron chi connectivity index (χ4n) is 1.84. The predicted molar refractivity (Wildman–Crippen MR) is 78.0 cm³/mol. The predicted octanol–water partition coefficient (Wildman–Crippen LogP) is 3.06. The summed E-state index contributed by atoms with van der Waals surface area (Å²) in [6.07, 6.45) is 1.82. The molecule has 0 bridgehead atoms. The van der Waals surface area contributed by atoms with E-state index in [0.717, 1.165) is 28.9 Å². The minimum atomic E-state index is 0.808. The second-order valence-corrected chi connectivity index (χ2v) is 5.30. The van der Waals surface area contributed by atoms with Gasteiger partial charge >= 0.3 is 0 Å². The van der Waals surface area contributed by atoms with Gasteiger partial charge in [-0.1, -0.05) is 12.1 Å². The zero-order valence-electron chi connectivity index (χ0n) is 10.3. The first kappa shape index (κ1) is 13.1. The van der Waals surface area contributed by atoms with Crippen molar-refractivity contribution in [2.75, 3.05) is 12.8 Å². The summed E-state index contributed by atoms with van der Waals surface area (Å²) < 4.78 is 1.00. The van der Waals surface area contributed by atoms with E-state index < -0.39 is 0 Å². The van der Waals surface area contributed by atoms with Gasteiger partial charge in [-0.3, -0.25) is 9.88 Å². The molecule has 1 heterocycles. The van der Waals surface area contributed by atoms with Gasteiger partial charge in [0.15, 0.2) is 0 Å². The Hall–Kier alpha value is -1.39. The van der Waals surface area contributed by atoms with Crippen LogP contribution in [0.15, 0.2) is 47.1 Å². The Morgan fingerprint density at radius 2 is 2.06 bits per heavy atom. The molecule has 3 nitrogen and oxygen atoms in total. The van der Waals surface area contributed by atoms with Gasteiger partial charge in [-0.15, -0.1) is 0 Å². The maximum Gasteiger partial charge on any atom is 0.0544 e. The molecule has 1 aromatic heterocycles. The van der Waals surface area contributed by atoms with Crippen molar-refractivity contribution in [3.8, 4) is 0 Å². The van der Waals surface area contributed by atoms with Crippen LogP contribution in [0.5, 0.6) is 0 Å². The van der Waals surface area contributed by atoms with Crippen LogP contribution >= 0.6 is 15.9 Å². The maximum atomic E-state index is 5.77. The van der Waals surface area contributed by atoms with E-state index in [9.17, 15) is 0 Å². The van der Waals surface area contributed by atoms with Crippen LogP contribution in [-0.4, -0.2) is 16.9 Å². The van der Waals surface area contributed by atoms with Crippen LogP contribution in [0.1, 0.15) is 11.3 Å². The number of anilines is 1. The van der Waals surface area contributed by atoms with Crippen LogP contribution in [0.25, 0.3) is 0 Å². The molecule has 0 aliphatic rings. The van der Waals surface area contributed by atoms with Crippen molar-refractivity contribution in [2.45, 2.75) is 13.1 Å². The number of nitrogens with two attached hydrogens (primary N) is 1. The Labute approximate surface area is 116 Å². The van der Waals surface area contributed by atoms with E-state index in [1.807, 2.05) is 36.5 Å². The molecule has 2 rings (SSSR count). The number of rotatable bonds is 4. The monoisotopic (exact) mass is 305 g/mol. The Kier molecular flexibility index (Phi) is 4.33. The summed E-state index contributed by atoms with van der Waals surface area (Å²) in [5, 5.41) is 0. The lowest BCUT2D eigenvalue weighted by molar-refractivity contribution is 0.315. The van der Waals surface area contributed by atoms with Gasteiger partial charge < -0.3 is 5.73 Å². The Balaban J connectivity index is 1.96. The van der Waals surface area contributed by atoms with Gasteiger partial charge in [0.25, 0.3) is 0 Å². The number of pyridine rings is 1. The van der Waals surface area contributed by atoms with Gasteiger partial charge in [-0.25, -0.2) is 0 Å². The van der Waals surface area contributed by atoms with E-state index in [-0.39, 0.29) is 0 Å². The molecule has 0 amide bonds. The van der Waals surface area contributed by atoms with Gasteiger partial charge in [0.1, 0.15) is 0 Å². The first-order valence-electron chi connectivity index (χ1n) is 5.77. The summed E-state index contributed by atoms with van der Waals surface area (Å²) in [7, 11) is 2.08. The molecule has 1 aromatic carbocycles. The molecule has 0 radical (unpaired) electrons. The van der Waals surface area contributed by atoms with E-state index in [1.54, 1.807) is 0 Å². The highest BCUT2D eigenvalue weighted by molar-refractivity contribution is 9.10. The summed E-state index contributed by atoms with van der Waals surface area (Å²) in [6, 6.07) is 12.0. The number of nitrogens with zero attached hydrogens (tertiary/aromatic N) is 2. The summed E-state index contributed by atoms with van der Waals surface area (Å²) in [5.74, 6) is 0.